The molecule has 2 unspecified atom stereocenters. The summed E-state index contributed by atoms with van der Waals surface area (Å²) in [6, 6.07) is 2.75. The first-order chi connectivity index (χ1) is 10.7. The number of hydrogen-bond acceptors (Lipinski definition) is 4. The number of carbonyl (C=O) groups excluding carboxylic acids is 1. The standard InChI is InChI=1S/C18H30N2O2S/c1-12-9-15(23-13(12)2)11-19-16-8-6-7-14(16)10-20-17(21)22-18(3,4)5/h9,14,16,19H,6-8,10-11H2,1-5H3,(H,20,21). The van der Waals surface area contributed by atoms with Gasteiger partial charge in [0, 0.05) is 28.9 Å². The van der Waals surface area contributed by atoms with Crippen LogP contribution in [0, 0.1) is 19.8 Å². The van der Waals surface area contributed by atoms with E-state index in [0.717, 1.165) is 13.0 Å². The van der Waals surface area contributed by atoms with Crippen molar-refractivity contribution in [2.75, 3.05) is 6.54 Å². The first kappa shape index (κ1) is 18.3. The number of hydrogen-bond donors (Lipinski definition) is 2. The van der Waals surface area contributed by atoms with Crippen LogP contribution < -0.4 is 10.6 Å². The fourth-order valence-electron chi connectivity index (χ4n) is 3.05. The van der Waals surface area contributed by atoms with Crippen LogP contribution in [-0.2, 0) is 11.3 Å². The number of alkyl carbamates (subject to hydrolysis) is 1. The Morgan fingerprint density at radius 3 is 2.70 bits per heavy atom. The van der Waals surface area contributed by atoms with E-state index in [9.17, 15) is 4.79 Å². The second kappa shape index (κ2) is 7.67. The SMILES string of the molecule is Cc1cc(CNC2CCCC2CNC(=O)OC(C)(C)C)sc1C. The van der Waals surface area contributed by atoms with E-state index in [4.69, 9.17) is 4.74 Å². The average molecular weight is 339 g/mol. The van der Waals surface area contributed by atoms with Crippen LogP contribution in [0.5, 0.6) is 0 Å². The fourth-order valence-corrected chi connectivity index (χ4v) is 4.05. The van der Waals surface area contributed by atoms with Crippen molar-refractivity contribution in [3.8, 4) is 0 Å². The normalized spacial score (nSPS) is 21.4. The molecule has 0 aliphatic heterocycles. The van der Waals surface area contributed by atoms with Gasteiger partial charge in [-0.1, -0.05) is 6.42 Å². The molecule has 23 heavy (non-hydrogen) atoms. The molecule has 0 spiro atoms. The summed E-state index contributed by atoms with van der Waals surface area (Å²) >= 11 is 1.87. The van der Waals surface area contributed by atoms with Crippen LogP contribution in [0.1, 0.15) is 55.4 Å². The molecular formula is C18H30N2O2S. The van der Waals surface area contributed by atoms with Gasteiger partial charge in [-0.25, -0.2) is 4.79 Å². The van der Waals surface area contributed by atoms with Crippen LogP contribution in [0.3, 0.4) is 0 Å². The summed E-state index contributed by atoms with van der Waals surface area (Å²) in [5.74, 6) is 0.490. The van der Waals surface area contributed by atoms with Crippen LogP contribution in [0.25, 0.3) is 0 Å². The summed E-state index contributed by atoms with van der Waals surface area (Å²) in [6.07, 6.45) is 3.26. The Bertz CT molecular complexity index is 514. The van der Waals surface area contributed by atoms with Gasteiger partial charge >= 0.3 is 6.09 Å². The number of nitrogens with one attached hydrogen (secondary N) is 2. The Labute approximate surface area is 144 Å². The quantitative estimate of drug-likeness (QED) is 0.848. The highest BCUT2D eigenvalue weighted by molar-refractivity contribution is 7.12. The van der Waals surface area contributed by atoms with Crippen LogP contribution in [0.15, 0.2) is 6.07 Å². The zero-order chi connectivity index (χ0) is 17.0. The van der Waals surface area contributed by atoms with Gasteiger partial charge in [-0.3, -0.25) is 0 Å². The van der Waals surface area contributed by atoms with Crippen molar-refractivity contribution in [1.82, 2.24) is 10.6 Å². The largest absolute Gasteiger partial charge is 0.444 e. The minimum Gasteiger partial charge on any atom is -0.444 e. The molecule has 1 fully saturated rings. The second-order valence-corrected chi connectivity index (χ2v) is 8.85. The number of carbonyl (C=O) groups is 1. The van der Waals surface area contributed by atoms with Gasteiger partial charge in [0.1, 0.15) is 5.60 Å². The lowest BCUT2D eigenvalue weighted by Gasteiger charge is -2.23. The lowest BCUT2D eigenvalue weighted by Crippen LogP contribution is -2.40. The Hall–Kier alpha value is -1.07. The highest BCUT2D eigenvalue weighted by Crippen LogP contribution is 2.27. The molecule has 1 saturated carbocycles. The van der Waals surface area contributed by atoms with Gasteiger partial charge in [-0.05, 0) is 65.0 Å². The average Bonchev–Trinajstić information content (AvgIpc) is 2.99. The van der Waals surface area contributed by atoms with E-state index in [1.165, 1.54) is 28.2 Å². The predicted octanol–water partition coefficient (Wildman–Crippen LogP) is 4.15. The molecule has 2 atom stereocenters. The first-order valence-corrected chi connectivity index (χ1v) is 9.32. The highest BCUT2D eigenvalue weighted by Gasteiger charge is 2.28. The number of amides is 1. The van der Waals surface area contributed by atoms with Crippen molar-refractivity contribution >= 4 is 17.4 Å². The number of aryl methyl sites for hydroxylation is 2. The van der Waals surface area contributed by atoms with E-state index >= 15 is 0 Å². The third kappa shape index (κ3) is 5.81. The fraction of sp³-hybridized carbons (Fsp3) is 0.722. The Balaban J connectivity index is 1.77. The predicted molar refractivity (Wildman–Crippen MR) is 96.0 cm³/mol. The zero-order valence-electron chi connectivity index (χ0n) is 15.0. The molecule has 2 N–H and O–H groups in total. The van der Waals surface area contributed by atoms with Gasteiger partial charge < -0.3 is 15.4 Å². The van der Waals surface area contributed by atoms with Gasteiger partial charge in [0.15, 0.2) is 0 Å². The Morgan fingerprint density at radius 1 is 1.35 bits per heavy atom. The summed E-state index contributed by atoms with van der Waals surface area (Å²) in [7, 11) is 0. The molecule has 1 amide bonds. The van der Waals surface area contributed by atoms with Crippen molar-refractivity contribution in [3.05, 3.63) is 21.4 Å². The van der Waals surface area contributed by atoms with E-state index < -0.39 is 5.60 Å². The lowest BCUT2D eigenvalue weighted by molar-refractivity contribution is 0.0517. The van der Waals surface area contributed by atoms with Crippen molar-refractivity contribution in [1.29, 1.82) is 0 Å². The third-order valence-electron chi connectivity index (χ3n) is 4.32. The van der Waals surface area contributed by atoms with Gasteiger partial charge in [-0.15, -0.1) is 11.3 Å². The molecule has 1 aliphatic carbocycles. The van der Waals surface area contributed by atoms with E-state index in [2.05, 4.69) is 30.5 Å². The molecule has 1 aliphatic rings. The number of ether oxygens (including phenoxy) is 1. The molecule has 4 nitrogen and oxygen atoms in total. The summed E-state index contributed by atoms with van der Waals surface area (Å²) in [6.45, 7) is 11.6. The summed E-state index contributed by atoms with van der Waals surface area (Å²) in [5.41, 5.74) is 0.938. The topological polar surface area (TPSA) is 50.4 Å². The van der Waals surface area contributed by atoms with Gasteiger partial charge in [0.05, 0.1) is 0 Å². The van der Waals surface area contributed by atoms with Crippen LogP contribution in [-0.4, -0.2) is 24.3 Å². The lowest BCUT2D eigenvalue weighted by atomic mass is 10.0. The second-order valence-electron chi connectivity index (χ2n) is 7.51. The van der Waals surface area contributed by atoms with E-state index in [1.807, 2.05) is 32.1 Å². The van der Waals surface area contributed by atoms with Crippen molar-refractivity contribution in [2.45, 2.75) is 72.1 Å². The molecule has 0 saturated heterocycles. The van der Waals surface area contributed by atoms with Crippen LogP contribution >= 0.6 is 11.3 Å². The van der Waals surface area contributed by atoms with E-state index in [-0.39, 0.29) is 6.09 Å². The maximum Gasteiger partial charge on any atom is 0.407 e. The first-order valence-electron chi connectivity index (χ1n) is 8.51. The molecule has 2 rings (SSSR count). The minimum atomic E-state index is -0.438. The summed E-state index contributed by atoms with van der Waals surface area (Å²) < 4.78 is 5.31. The molecule has 1 aromatic heterocycles. The molecule has 130 valence electrons. The maximum absolute atomic E-state index is 11.8. The van der Waals surface area contributed by atoms with Gasteiger partial charge in [0.2, 0.25) is 0 Å². The van der Waals surface area contributed by atoms with Crippen molar-refractivity contribution < 1.29 is 9.53 Å². The van der Waals surface area contributed by atoms with E-state index in [1.54, 1.807) is 0 Å². The summed E-state index contributed by atoms with van der Waals surface area (Å²) in [4.78, 5) is 14.6. The summed E-state index contributed by atoms with van der Waals surface area (Å²) in [5, 5.41) is 6.60. The van der Waals surface area contributed by atoms with E-state index in [0.29, 0.717) is 18.5 Å². The Morgan fingerprint density at radius 2 is 2.09 bits per heavy atom. The van der Waals surface area contributed by atoms with Crippen LogP contribution in [0.2, 0.25) is 0 Å². The third-order valence-corrected chi connectivity index (χ3v) is 5.47. The minimum absolute atomic E-state index is 0.312. The van der Waals surface area contributed by atoms with Crippen molar-refractivity contribution in [2.24, 2.45) is 5.92 Å². The molecular weight excluding hydrogens is 308 g/mol. The maximum atomic E-state index is 11.8. The van der Waals surface area contributed by atoms with Crippen LogP contribution in [0.4, 0.5) is 4.79 Å². The zero-order valence-corrected chi connectivity index (χ0v) is 15.8. The molecule has 0 bridgehead atoms. The monoisotopic (exact) mass is 338 g/mol. The molecule has 5 heteroatoms. The molecule has 1 aromatic rings. The van der Waals surface area contributed by atoms with Gasteiger partial charge in [0.25, 0.3) is 0 Å². The van der Waals surface area contributed by atoms with Crippen molar-refractivity contribution in [3.63, 3.8) is 0 Å². The van der Waals surface area contributed by atoms with Gasteiger partial charge in [-0.2, -0.15) is 0 Å². The molecule has 1 heterocycles. The Kier molecular flexibility index (Phi) is 6.09. The molecule has 0 radical (unpaired) electrons. The number of rotatable bonds is 5. The molecule has 0 aromatic carbocycles. The smallest absolute Gasteiger partial charge is 0.407 e. The highest BCUT2D eigenvalue weighted by atomic mass is 32.1. The number of thiophene rings is 1.